The van der Waals surface area contributed by atoms with Gasteiger partial charge in [-0.05, 0) is 36.1 Å². The van der Waals surface area contributed by atoms with E-state index >= 15 is 0 Å². The van der Waals surface area contributed by atoms with Crippen molar-refractivity contribution in [1.82, 2.24) is 4.90 Å². The molecule has 1 amide bonds. The minimum absolute atomic E-state index is 0.00774. The van der Waals surface area contributed by atoms with Crippen LogP contribution in [0, 0.1) is 0 Å². The minimum atomic E-state index is -0.383. The monoisotopic (exact) mass is 281 g/mol. The number of amides is 1. The third-order valence-corrected chi connectivity index (χ3v) is 3.92. The van der Waals surface area contributed by atoms with Crippen LogP contribution in [0.4, 0.5) is 0 Å². The maximum absolute atomic E-state index is 12.4. The summed E-state index contributed by atoms with van der Waals surface area (Å²) < 4.78 is 0. The molecule has 0 bridgehead atoms. The fraction of sp³-hybridized carbons (Fsp3) is 0.278. The number of carbonyl (C=O) groups excluding carboxylic acids is 1. The number of β-amino-alcohol motifs (C(OH)–C–C–N with tert-alkyl or cyclic N) is 1. The zero-order chi connectivity index (χ0) is 14.7. The van der Waals surface area contributed by atoms with Crippen molar-refractivity contribution in [3.8, 4) is 11.1 Å². The summed E-state index contributed by atoms with van der Waals surface area (Å²) in [5.74, 6) is 0.00774. The van der Waals surface area contributed by atoms with Gasteiger partial charge in [0.1, 0.15) is 0 Å². The van der Waals surface area contributed by atoms with Gasteiger partial charge < -0.3 is 10.0 Å². The lowest BCUT2D eigenvalue weighted by Gasteiger charge is -2.30. The van der Waals surface area contributed by atoms with Gasteiger partial charge in [-0.25, -0.2) is 0 Å². The molecule has 3 heteroatoms. The summed E-state index contributed by atoms with van der Waals surface area (Å²) >= 11 is 0. The van der Waals surface area contributed by atoms with Crippen molar-refractivity contribution < 1.29 is 9.90 Å². The van der Waals surface area contributed by atoms with E-state index in [0.29, 0.717) is 12.1 Å². The lowest BCUT2D eigenvalue weighted by Crippen LogP contribution is -2.42. The highest BCUT2D eigenvalue weighted by atomic mass is 16.3. The van der Waals surface area contributed by atoms with E-state index in [-0.39, 0.29) is 12.0 Å². The molecule has 1 aliphatic rings. The molecule has 2 aromatic carbocycles. The van der Waals surface area contributed by atoms with Gasteiger partial charge in [-0.2, -0.15) is 0 Å². The summed E-state index contributed by atoms with van der Waals surface area (Å²) in [7, 11) is 0. The van der Waals surface area contributed by atoms with Gasteiger partial charge in [-0.1, -0.05) is 42.5 Å². The molecule has 0 spiro atoms. The van der Waals surface area contributed by atoms with E-state index in [2.05, 4.69) is 12.1 Å². The molecule has 2 aromatic rings. The first-order valence-electron chi connectivity index (χ1n) is 7.37. The molecular formula is C18H19NO2. The smallest absolute Gasteiger partial charge is 0.253 e. The van der Waals surface area contributed by atoms with Gasteiger partial charge in [0.25, 0.3) is 5.91 Å². The lowest BCUT2D eigenvalue weighted by molar-refractivity contribution is 0.0474. The van der Waals surface area contributed by atoms with E-state index in [1.807, 2.05) is 42.5 Å². The summed E-state index contributed by atoms with van der Waals surface area (Å²) in [6.45, 7) is 1.18. The highest BCUT2D eigenvalue weighted by Gasteiger charge is 2.22. The Bertz CT molecular complexity index is 607. The molecule has 0 aromatic heterocycles. The Morgan fingerprint density at radius 2 is 1.67 bits per heavy atom. The number of benzene rings is 2. The van der Waals surface area contributed by atoms with Crippen molar-refractivity contribution in [2.24, 2.45) is 0 Å². The second-order valence-corrected chi connectivity index (χ2v) is 5.49. The van der Waals surface area contributed by atoms with Crippen molar-refractivity contribution >= 4 is 5.91 Å². The van der Waals surface area contributed by atoms with Gasteiger partial charge in [0, 0.05) is 18.7 Å². The van der Waals surface area contributed by atoms with Crippen LogP contribution in [0.2, 0.25) is 0 Å². The standard InChI is InChI=1S/C18H19NO2/c20-17-7-4-12-19(13-17)18(21)16-10-8-15(9-11-16)14-5-2-1-3-6-14/h1-3,5-6,8-11,17,20H,4,7,12-13H2/t17-/m0/s1. The van der Waals surface area contributed by atoms with Crippen molar-refractivity contribution in [2.45, 2.75) is 18.9 Å². The Balaban J connectivity index is 1.76. The Hall–Kier alpha value is -2.13. The number of rotatable bonds is 2. The average Bonchev–Trinajstić information content (AvgIpc) is 2.55. The number of hydrogen-bond donors (Lipinski definition) is 1. The molecule has 0 unspecified atom stereocenters. The summed E-state index contributed by atoms with van der Waals surface area (Å²) in [5.41, 5.74) is 2.93. The number of piperidine rings is 1. The van der Waals surface area contributed by atoms with Gasteiger partial charge in [0.05, 0.1) is 6.10 Å². The molecular weight excluding hydrogens is 262 g/mol. The van der Waals surface area contributed by atoms with Crippen molar-refractivity contribution in [3.63, 3.8) is 0 Å². The fourth-order valence-electron chi connectivity index (χ4n) is 2.76. The maximum Gasteiger partial charge on any atom is 0.253 e. The van der Waals surface area contributed by atoms with Crippen LogP contribution < -0.4 is 0 Å². The fourth-order valence-corrected chi connectivity index (χ4v) is 2.76. The molecule has 1 fully saturated rings. The van der Waals surface area contributed by atoms with Crippen LogP contribution in [0.5, 0.6) is 0 Å². The molecule has 108 valence electrons. The van der Waals surface area contributed by atoms with Crippen LogP contribution in [0.1, 0.15) is 23.2 Å². The third-order valence-electron chi connectivity index (χ3n) is 3.92. The quantitative estimate of drug-likeness (QED) is 0.919. The van der Waals surface area contributed by atoms with Crippen LogP contribution in [0.15, 0.2) is 54.6 Å². The minimum Gasteiger partial charge on any atom is -0.391 e. The molecule has 3 nitrogen and oxygen atoms in total. The topological polar surface area (TPSA) is 40.5 Å². The van der Waals surface area contributed by atoms with Crippen molar-refractivity contribution in [3.05, 3.63) is 60.2 Å². The van der Waals surface area contributed by atoms with Crippen LogP contribution in [0.25, 0.3) is 11.1 Å². The zero-order valence-electron chi connectivity index (χ0n) is 11.9. The molecule has 21 heavy (non-hydrogen) atoms. The molecule has 1 N–H and O–H groups in total. The van der Waals surface area contributed by atoms with Gasteiger partial charge in [0.15, 0.2) is 0 Å². The Kier molecular flexibility index (Phi) is 4.02. The number of nitrogens with zero attached hydrogens (tertiary/aromatic N) is 1. The number of aliphatic hydroxyl groups is 1. The van der Waals surface area contributed by atoms with Crippen molar-refractivity contribution in [2.75, 3.05) is 13.1 Å². The molecule has 1 atom stereocenters. The van der Waals surface area contributed by atoms with Crippen molar-refractivity contribution in [1.29, 1.82) is 0 Å². The zero-order valence-corrected chi connectivity index (χ0v) is 11.9. The van der Waals surface area contributed by atoms with Gasteiger partial charge in [0.2, 0.25) is 0 Å². The predicted octanol–water partition coefficient (Wildman–Crippen LogP) is 2.95. The SMILES string of the molecule is O=C(c1ccc(-c2ccccc2)cc1)N1CCC[C@H](O)C1. The first-order valence-corrected chi connectivity index (χ1v) is 7.37. The van der Waals surface area contributed by atoms with Crippen LogP contribution in [0.3, 0.4) is 0 Å². The first kappa shape index (κ1) is 13.8. The van der Waals surface area contributed by atoms with Gasteiger partial charge >= 0.3 is 0 Å². The van der Waals surface area contributed by atoms with Gasteiger partial charge in [-0.3, -0.25) is 4.79 Å². The lowest BCUT2D eigenvalue weighted by atomic mass is 10.0. The number of likely N-dealkylation sites (tertiary alicyclic amines) is 1. The normalized spacial score (nSPS) is 18.5. The summed E-state index contributed by atoms with van der Waals surface area (Å²) in [6.07, 6.45) is 1.28. The van der Waals surface area contributed by atoms with Crippen LogP contribution in [-0.2, 0) is 0 Å². The second-order valence-electron chi connectivity index (χ2n) is 5.49. The number of aliphatic hydroxyl groups excluding tert-OH is 1. The second kappa shape index (κ2) is 6.10. The van der Waals surface area contributed by atoms with E-state index in [1.54, 1.807) is 4.90 Å². The average molecular weight is 281 g/mol. The maximum atomic E-state index is 12.4. The van der Waals surface area contributed by atoms with E-state index in [4.69, 9.17) is 0 Å². The molecule has 0 saturated carbocycles. The van der Waals surface area contributed by atoms with E-state index in [1.165, 1.54) is 0 Å². The van der Waals surface area contributed by atoms with E-state index in [9.17, 15) is 9.90 Å². The highest BCUT2D eigenvalue weighted by molar-refractivity contribution is 5.94. The molecule has 0 radical (unpaired) electrons. The third kappa shape index (κ3) is 3.14. The molecule has 1 aliphatic heterocycles. The number of carbonyl (C=O) groups is 1. The van der Waals surface area contributed by atoms with E-state index < -0.39 is 0 Å². The van der Waals surface area contributed by atoms with Crippen LogP contribution in [-0.4, -0.2) is 35.1 Å². The Morgan fingerprint density at radius 1 is 1.00 bits per heavy atom. The van der Waals surface area contributed by atoms with Gasteiger partial charge in [-0.15, -0.1) is 0 Å². The molecule has 1 saturated heterocycles. The summed E-state index contributed by atoms with van der Waals surface area (Å²) in [6, 6.07) is 17.8. The van der Waals surface area contributed by atoms with Crippen LogP contribution >= 0.6 is 0 Å². The summed E-state index contributed by atoms with van der Waals surface area (Å²) in [4.78, 5) is 14.1. The van der Waals surface area contributed by atoms with E-state index in [0.717, 1.165) is 30.5 Å². The molecule has 0 aliphatic carbocycles. The largest absolute Gasteiger partial charge is 0.391 e. The predicted molar refractivity (Wildman–Crippen MR) is 83.0 cm³/mol. The molecule has 3 rings (SSSR count). The highest BCUT2D eigenvalue weighted by Crippen LogP contribution is 2.20. The summed E-state index contributed by atoms with van der Waals surface area (Å²) in [5, 5.41) is 9.67. The Morgan fingerprint density at radius 3 is 2.33 bits per heavy atom. The Labute approximate surface area is 124 Å². The number of hydrogen-bond acceptors (Lipinski definition) is 2. The first-order chi connectivity index (χ1) is 10.2. The molecule has 1 heterocycles.